The number of carbonyl (C=O) groups is 1. The number of ether oxygens (including phenoxy) is 1. The first-order valence-corrected chi connectivity index (χ1v) is 6.85. The average Bonchev–Trinajstić information content (AvgIpc) is 2.90. The lowest BCUT2D eigenvalue weighted by atomic mass is 10.2. The number of carbonyl (C=O) groups excluding carboxylic acids is 1. The largest absolute Gasteiger partial charge is 0.491 e. The smallest absolute Gasteiger partial charge is 0.315 e. The normalized spacial score (nSPS) is 16.7. The SMILES string of the molecule is Cc1ccc(OCC(C)NC(=O)NC2CNNC2)cc1. The Morgan fingerprint density at radius 3 is 2.65 bits per heavy atom. The molecular formula is C14H22N4O2. The average molecular weight is 278 g/mol. The summed E-state index contributed by atoms with van der Waals surface area (Å²) < 4.78 is 5.63. The summed E-state index contributed by atoms with van der Waals surface area (Å²) in [6.45, 7) is 5.87. The quantitative estimate of drug-likeness (QED) is 0.634. The minimum Gasteiger partial charge on any atom is -0.491 e. The molecule has 6 nitrogen and oxygen atoms in total. The Balaban J connectivity index is 1.67. The molecule has 1 saturated heterocycles. The maximum absolute atomic E-state index is 11.7. The van der Waals surface area contributed by atoms with Crippen molar-refractivity contribution in [2.45, 2.75) is 25.9 Å². The van der Waals surface area contributed by atoms with Gasteiger partial charge in [-0.25, -0.2) is 4.79 Å². The summed E-state index contributed by atoms with van der Waals surface area (Å²) >= 11 is 0. The second kappa shape index (κ2) is 7.12. The molecule has 1 fully saturated rings. The summed E-state index contributed by atoms with van der Waals surface area (Å²) in [4.78, 5) is 11.7. The van der Waals surface area contributed by atoms with Gasteiger partial charge < -0.3 is 15.4 Å². The third-order valence-corrected chi connectivity index (χ3v) is 3.06. The van der Waals surface area contributed by atoms with Gasteiger partial charge in [-0.15, -0.1) is 0 Å². The van der Waals surface area contributed by atoms with Gasteiger partial charge in [0, 0.05) is 13.1 Å². The van der Waals surface area contributed by atoms with Gasteiger partial charge in [-0.05, 0) is 26.0 Å². The molecule has 1 atom stereocenters. The number of amides is 2. The van der Waals surface area contributed by atoms with Crippen molar-refractivity contribution in [3.05, 3.63) is 29.8 Å². The number of rotatable bonds is 5. The third kappa shape index (κ3) is 4.71. The zero-order valence-corrected chi connectivity index (χ0v) is 11.9. The van der Waals surface area contributed by atoms with Crippen LogP contribution in [0, 0.1) is 6.92 Å². The number of hydrazine groups is 1. The van der Waals surface area contributed by atoms with Crippen LogP contribution in [0.3, 0.4) is 0 Å². The van der Waals surface area contributed by atoms with Crippen LogP contribution in [0.2, 0.25) is 0 Å². The van der Waals surface area contributed by atoms with Crippen LogP contribution < -0.4 is 26.2 Å². The zero-order chi connectivity index (χ0) is 14.4. The lowest BCUT2D eigenvalue weighted by Crippen LogP contribution is -2.48. The van der Waals surface area contributed by atoms with Gasteiger partial charge >= 0.3 is 6.03 Å². The molecule has 2 rings (SSSR count). The first-order chi connectivity index (χ1) is 9.63. The summed E-state index contributed by atoms with van der Waals surface area (Å²) in [7, 11) is 0. The summed E-state index contributed by atoms with van der Waals surface area (Å²) in [6.07, 6.45) is 0. The van der Waals surface area contributed by atoms with Gasteiger partial charge in [0.1, 0.15) is 12.4 Å². The molecule has 2 amide bonds. The molecular weight excluding hydrogens is 256 g/mol. The molecule has 1 heterocycles. The van der Waals surface area contributed by atoms with Gasteiger partial charge in [0.15, 0.2) is 0 Å². The highest BCUT2D eigenvalue weighted by atomic mass is 16.5. The van der Waals surface area contributed by atoms with E-state index < -0.39 is 0 Å². The van der Waals surface area contributed by atoms with E-state index in [1.165, 1.54) is 5.56 Å². The van der Waals surface area contributed by atoms with Crippen LogP contribution in [-0.2, 0) is 0 Å². The van der Waals surface area contributed by atoms with E-state index in [4.69, 9.17) is 4.74 Å². The molecule has 0 aromatic heterocycles. The molecule has 0 saturated carbocycles. The highest BCUT2D eigenvalue weighted by Gasteiger charge is 2.17. The molecule has 0 spiro atoms. The van der Waals surface area contributed by atoms with Crippen molar-refractivity contribution in [2.75, 3.05) is 19.7 Å². The van der Waals surface area contributed by atoms with Crippen molar-refractivity contribution < 1.29 is 9.53 Å². The summed E-state index contributed by atoms with van der Waals surface area (Å²) in [5.74, 6) is 0.814. The third-order valence-electron chi connectivity index (χ3n) is 3.06. The Morgan fingerprint density at radius 1 is 1.35 bits per heavy atom. The van der Waals surface area contributed by atoms with Crippen molar-refractivity contribution >= 4 is 6.03 Å². The van der Waals surface area contributed by atoms with E-state index >= 15 is 0 Å². The van der Waals surface area contributed by atoms with Gasteiger partial charge in [-0.3, -0.25) is 10.9 Å². The van der Waals surface area contributed by atoms with E-state index in [0.717, 1.165) is 18.8 Å². The number of aryl methyl sites for hydroxylation is 1. The molecule has 1 aromatic carbocycles. The molecule has 0 bridgehead atoms. The van der Waals surface area contributed by atoms with E-state index in [9.17, 15) is 4.79 Å². The predicted molar refractivity (Wildman–Crippen MR) is 77.6 cm³/mol. The zero-order valence-electron chi connectivity index (χ0n) is 11.9. The predicted octanol–water partition coefficient (Wildman–Crippen LogP) is 0.538. The molecule has 1 unspecified atom stereocenters. The molecule has 6 heteroatoms. The van der Waals surface area contributed by atoms with Crippen molar-refractivity contribution in [1.82, 2.24) is 21.5 Å². The number of benzene rings is 1. The highest BCUT2D eigenvalue weighted by Crippen LogP contribution is 2.11. The molecule has 1 aliphatic rings. The van der Waals surface area contributed by atoms with Gasteiger partial charge in [-0.2, -0.15) is 0 Å². The van der Waals surface area contributed by atoms with Gasteiger partial charge in [0.25, 0.3) is 0 Å². The molecule has 20 heavy (non-hydrogen) atoms. The Bertz CT molecular complexity index is 429. The second-order valence-electron chi connectivity index (χ2n) is 5.10. The minimum absolute atomic E-state index is 0.0568. The molecule has 1 aliphatic heterocycles. The van der Waals surface area contributed by atoms with Crippen LogP contribution >= 0.6 is 0 Å². The molecule has 0 aliphatic carbocycles. The van der Waals surface area contributed by atoms with Crippen molar-refractivity contribution in [3.8, 4) is 5.75 Å². The summed E-state index contributed by atoms with van der Waals surface area (Å²) in [5.41, 5.74) is 7.13. The van der Waals surface area contributed by atoms with Crippen molar-refractivity contribution in [3.63, 3.8) is 0 Å². The number of hydrogen-bond donors (Lipinski definition) is 4. The molecule has 1 aromatic rings. The first kappa shape index (κ1) is 14.6. The van der Waals surface area contributed by atoms with Crippen LogP contribution in [0.4, 0.5) is 4.79 Å². The van der Waals surface area contributed by atoms with Gasteiger partial charge in [0.05, 0.1) is 12.1 Å². The minimum atomic E-state index is -0.166. The van der Waals surface area contributed by atoms with E-state index in [1.807, 2.05) is 38.1 Å². The fourth-order valence-electron chi connectivity index (χ4n) is 1.91. The van der Waals surface area contributed by atoms with Gasteiger partial charge in [0.2, 0.25) is 0 Å². The van der Waals surface area contributed by atoms with Gasteiger partial charge in [-0.1, -0.05) is 17.7 Å². The number of urea groups is 1. The van der Waals surface area contributed by atoms with Crippen LogP contribution in [0.25, 0.3) is 0 Å². The lowest BCUT2D eigenvalue weighted by Gasteiger charge is -2.17. The highest BCUT2D eigenvalue weighted by molar-refractivity contribution is 5.74. The maximum atomic E-state index is 11.7. The van der Waals surface area contributed by atoms with Crippen LogP contribution in [0.1, 0.15) is 12.5 Å². The van der Waals surface area contributed by atoms with Crippen LogP contribution in [-0.4, -0.2) is 37.8 Å². The first-order valence-electron chi connectivity index (χ1n) is 6.85. The van der Waals surface area contributed by atoms with E-state index in [-0.39, 0.29) is 18.1 Å². The van der Waals surface area contributed by atoms with Crippen molar-refractivity contribution in [2.24, 2.45) is 0 Å². The lowest BCUT2D eigenvalue weighted by molar-refractivity contribution is 0.224. The van der Waals surface area contributed by atoms with E-state index in [1.54, 1.807) is 0 Å². The van der Waals surface area contributed by atoms with Crippen LogP contribution in [0.5, 0.6) is 5.75 Å². The molecule has 110 valence electrons. The molecule has 4 N–H and O–H groups in total. The monoisotopic (exact) mass is 278 g/mol. The second-order valence-corrected chi connectivity index (χ2v) is 5.10. The summed E-state index contributed by atoms with van der Waals surface area (Å²) in [6, 6.07) is 7.76. The van der Waals surface area contributed by atoms with Crippen LogP contribution in [0.15, 0.2) is 24.3 Å². The van der Waals surface area contributed by atoms with E-state index in [2.05, 4.69) is 21.5 Å². The Morgan fingerprint density at radius 2 is 2.00 bits per heavy atom. The summed E-state index contributed by atoms with van der Waals surface area (Å²) in [5, 5.41) is 5.74. The van der Waals surface area contributed by atoms with E-state index in [0.29, 0.717) is 6.61 Å². The molecule has 0 radical (unpaired) electrons. The van der Waals surface area contributed by atoms with Crippen molar-refractivity contribution in [1.29, 1.82) is 0 Å². The number of nitrogens with one attached hydrogen (secondary N) is 4. The fourth-order valence-corrected chi connectivity index (χ4v) is 1.91. The topological polar surface area (TPSA) is 74.4 Å². The number of hydrogen-bond acceptors (Lipinski definition) is 4. The standard InChI is InChI=1S/C14H22N4O2/c1-10-3-5-13(6-4-10)20-9-11(2)17-14(19)18-12-7-15-16-8-12/h3-6,11-12,15-16H,7-9H2,1-2H3,(H2,17,18,19). The Kier molecular flexibility index (Phi) is 5.20. The fraction of sp³-hybridized carbons (Fsp3) is 0.500. The Hall–Kier alpha value is -1.79. The Labute approximate surface area is 119 Å². The maximum Gasteiger partial charge on any atom is 0.315 e.